The van der Waals surface area contributed by atoms with E-state index in [4.69, 9.17) is 21.1 Å². The Hall–Kier alpha value is -3.07. The van der Waals surface area contributed by atoms with Gasteiger partial charge in [0.05, 0.1) is 12.0 Å². The highest BCUT2D eigenvalue weighted by Crippen LogP contribution is 2.44. The highest BCUT2D eigenvalue weighted by atomic mass is 35.5. The van der Waals surface area contributed by atoms with E-state index in [1.54, 1.807) is 55.6 Å². The number of hydrogen-bond donors (Lipinski definition) is 3. The molecule has 1 atom stereocenters. The van der Waals surface area contributed by atoms with Crippen LogP contribution in [0, 0.1) is 5.41 Å². The van der Waals surface area contributed by atoms with Crippen molar-refractivity contribution in [3.05, 3.63) is 76.7 Å². The summed E-state index contributed by atoms with van der Waals surface area (Å²) in [7, 11) is 3.03. The van der Waals surface area contributed by atoms with Crippen molar-refractivity contribution in [2.75, 3.05) is 25.7 Å². The Balaban J connectivity index is 2.14. The number of carbonyl (C=O) groups is 2. The molecule has 1 heterocycles. The van der Waals surface area contributed by atoms with Gasteiger partial charge in [-0.2, -0.15) is 0 Å². The van der Waals surface area contributed by atoms with Gasteiger partial charge in [-0.25, -0.2) is 4.79 Å². The van der Waals surface area contributed by atoms with Gasteiger partial charge in [0.25, 0.3) is 5.91 Å². The molecular weight excluding hydrogens is 434 g/mol. The van der Waals surface area contributed by atoms with Crippen LogP contribution in [0.1, 0.15) is 24.2 Å². The summed E-state index contributed by atoms with van der Waals surface area (Å²) < 4.78 is 11.4. The molecule has 0 bridgehead atoms. The zero-order valence-electron chi connectivity index (χ0n) is 18.3. The first kappa shape index (κ1) is 23.6. The minimum atomic E-state index is -1.37. The summed E-state index contributed by atoms with van der Waals surface area (Å²) in [6.07, 6.45) is 0. The summed E-state index contributed by atoms with van der Waals surface area (Å²) in [6, 6.07) is 15.2. The average molecular weight is 460 g/mol. The highest BCUT2D eigenvalue weighted by Gasteiger charge is 2.58. The standard InChI is InChI=1S/C23H26ClN3O5/c1-22(2,14-31-3)23(32-4)26-19(25-20(28)15-10-12-16(24)13-11-15)18(21(29)30)27(23)17-8-6-5-7-9-17/h5-13,26H,14H2,1-4H3,(H,25,28)(H,29,30). The lowest BCUT2D eigenvalue weighted by Crippen LogP contribution is -2.66. The SMILES string of the molecule is COCC(C)(C)C1(OC)NC(NC(=O)c2ccc(Cl)cc2)=C(C(=O)O)N1c1ccccc1. The van der Waals surface area contributed by atoms with Crippen LogP contribution in [0.15, 0.2) is 66.1 Å². The van der Waals surface area contributed by atoms with Gasteiger partial charge in [0.1, 0.15) is 5.82 Å². The number of rotatable bonds is 8. The molecule has 0 aromatic heterocycles. The molecule has 1 unspecified atom stereocenters. The van der Waals surface area contributed by atoms with Gasteiger partial charge in [-0.1, -0.05) is 43.6 Å². The maximum absolute atomic E-state index is 12.9. The second-order valence-corrected chi connectivity index (χ2v) is 8.39. The number of halogens is 1. The molecule has 0 saturated heterocycles. The number of nitrogens with one attached hydrogen (secondary N) is 2. The van der Waals surface area contributed by atoms with Crippen molar-refractivity contribution < 1.29 is 24.2 Å². The van der Waals surface area contributed by atoms with Crippen LogP contribution in [-0.4, -0.2) is 43.7 Å². The Bertz CT molecular complexity index is 1020. The molecule has 0 saturated carbocycles. The Morgan fingerprint density at radius 1 is 1.12 bits per heavy atom. The summed E-state index contributed by atoms with van der Waals surface area (Å²) >= 11 is 5.91. The molecule has 1 aliphatic rings. The van der Waals surface area contributed by atoms with Crippen LogP contribution in [-0.2, 0) is 14.3 Å². The van der Waals surface area contributed by atoms with Crippen LogP contribution in [0.4, 0.5) is 5.69 Å². The van der Waals surface area contributed by atoms with Crippen molar-refractivity contribution in [3.8, 4) is 0 Å². The largest absolute Gasteiger partial charge is 0.476 e. The molecule has 1 aliphatic heterocycles. The van der Waals surface area contributed by atoms with Gasteiger partial charge >= 0.3 is 5.97 Å². The lowest BCUT2D eigenvalue weighted by molar-refractivity contribution is -0.139. The van der Waals surface area contributed by atoms with E-state index in [9.17, 15) is 14.7 Å². The molecular formula is C23H26ClN3O5. The average Bonchev–Trinajstić information content (AvgIpc) is 3.10. The summed E-state index contributed by atoms with van der Waals surface area (Å²) in [6.45, 7) is 4.00. The number of amides is 1. The molecule has 0 fully saturated rings. The van der Waals surface area contributed by atoms with Crippen molar-refractivity contribution in [3.63, 3.8) is 0 Å². The topological polar surface area (TPSA) is 100 Å². The zero-order chi connectivity index (χ0) is 23.5. The molecule has 2 aromatic carbocycles. The quantitative estimate of drug-likeness (QED) is 0.556. The van der Waals surface area contributed by atoms with Crippen molar-refractivity contribution in [2.45, 2.75) is 19.7 Å². The molecule has 32 heavy (non-hydrogen) atoms. The van der Waals surface area contributed by atoms with Crippen LogP contribution in [0.2, 0.25) is 5.02 Å². The van der Waals surface area contributed by atoms with E-state index in [0.29, 0.717) is 16.3 Å². The fourth-order valence-corrected chi connectivity index (χ4v) is 4.00. The predicted octanol–water partition coefficient (Wildman–Crippen LogP) is 3.41. The van der Waals surface area contributed by atoms with Crippen molar-refractivity contribution in [1.29, 1.82) is 0 Å². The molecule has 0 radical (unpaired) electrons. The van der Waals surface area contributed by atoms with Crippen LogP contribution >= 0.6 is 11.6 Å². The Labute approximate surface area is 191 Å². The van der Waals surface area contributed by atoms with Crippen LogP contribution in [0.25, 0.3) is 0 Å². The summed E-state index contributed by atoms with van der Waals surface area (Å²) in [4.78, 5) is 26.9. The fraction of sp³-hybridized carbons (Fsp3) is 0.304. The molecule has 1 amide bonds. The lowest BCUT2D eigenvalue weighted by atomic mass is 9.86. The number of aliphatic carboxylic acids is 1. The third-order valence-corrected chi connectivity index (χ3v) is 5.60. The first-order valence-electron chi connectivity index (χ1n) is 9.89. The third kappa shape index (κ3) is 4.17. The van der Waals surface area contributed by atoms with E-state index < -0.39 is 23.1 Å². The molecule has 170 valence electrons. The Kier molecular flexibility index (Phi) is 6.78. The third-order valence-electron chi connectivity index (χ3n) is 5.35. The number of anilines is 1. The number of nitrogens with zero attached hydrogens (tertiary/aromatic N) is 1. The minimum Gasteiger partial charge on any atom is -0.476 e. The number of carboxylic acids is 1. The van der Waals surface area contributed by atoms with Gasteiger partial charge in [0.2, 0.25) is 5.85 Å². The van der Waals surface area contributed by atoms with E-state index in [1.165, 1.54) is 12.0 Å². The Morgan fingerprint density at radius 3 is 2.28 bits per heavy atom. The lowest BCUT2D eigenvalue weighted by Gasteiger charge is -2.48. The summed E-state index contributed by atoms with van der Waals surface area (Å²) in [5.74, 6) is -3.10. The number of carboxylic acid groups (broad SMARTS) is 1. The number of benzene rings is 2. The molecule has 3 N–H and O–H groups in total. The van der Waals surface area contributed by atoms with E-state index in [0.717, 1.165) is 0 Å². The van der Waals surface area contributed by atoms with Crippen molar-refractivity contribution in [2.24, 2.45) is 5.41 Å². The second kappa shape index (κ2) is 9.20. The summed E-state index contributed by atoms with van der Waals surface area (Å²) in [5.41, 5.74) is -0.0331. The maximum atomic E-state index is 12.9. The van der Waals surface area contributed by atoms with Gasteiger partial charge in [-0.3, -0.25) is 9.69 Å². The molecule has 0 spiro atoms. The van der Waals surface area contributed by atoms with Gasteiger partial charge in [-0.05, 0) is 36.4 Å². The van der Waals surface area contributed by atoms with Gasteiger partial charge in [-0.15, -0.1) is 0 Å². The fourth-order valence-electron chi connectivity index (χ4n) is 3.87. The first-order chi connectivity index (χ1) is 15.2. The minimum absolute atomic E-state index is 0.00679. The van der Waals surface area contributed by atoms with Gasteiger partial charge in [0.15, 0.2) is 5.70 Å². The Morgan fingerprint density at radius 2 is 1.75 bits per heavy atom. The molecule has 2 aromatic rings. The molecule has 8 nitrogen and oxygen atoms in total. The van der Waals surface area contributed by atoms with Crippen LogP contribution < -0.4 is 15.5 Å². The van der Waals surface area contributed by atoms with Crippen molar-refractivity contribution >= 4 is 29.2 Å². The smallest absolute Gasteiger partial charge is 0.356 e. The molecule has 3 rings (SSSR count). The number of ether oxygens (including phenoxy) is 2. The normalized spacial score (nSPS) is 18.5. The molecule has 9 heteroatoms. The van der Waals surface area contributed by atoms with Crippen LogP contribution in [0.5, 0.6) is 0 Å². The van der Waals surface area contributed by atoms with Crippen LogP contribution in [0.3, 0.4) is 0 Å². The van der Waals surface area contributed by atoms with E-state index in [1.807, 2.05) is 19.9 Å². The van der Waals surface area contributed by atoms with E-state index in [2.05, 4.69) is 10.6 Å². The zero-order valence-corrected chi connectivity index (χ0v) is 19.1. The van der Waals surface area contributed by atoms with Crippen molar-refractivity contribution in [1.82, 2.24) is 10.6 Å². The number of hydrogen-bond acceptors (Lipinski definition) is 6. The number of carbonyl (C=O) groups excluding carboxylic acids is 1. The molecule has 0 aliphatic carbocycles. The first-order valence-corrected chi connectivity index (χ1v) is 10.3. The number of methoxy groups -OCH3 is 2. The highest BCUT2D eigenvalue weighted by molar-refractivity contribution is 6.30. The number of para-hydroxylation sites is 1. The predicted molar refractivity (Wildman–Crippen MR) is 121 cm³/mol. The summed E-state index contributed by atoms with van der Waals surface area (Å²) in [5, 5.41) is 16.5. The van der Waals surface area contributed by atoms with E-state index in [-0.39, 0.29) is 18.1 Å². The van der Waals surface area contributed by atoms with E-state index >= 15 is 0 Å². The monoisotopic (exact) mass is 459 g/mol. The van der Waals surface area contributed by atoms with Gasteiger partial charge < -0.3 is 25.2 Å². The van der Waals surface area contributed by atoms with Gasteiger partial charge in [0, 0.05) is 30.5 Å². The maximum Gasteiger partial charge on any atom is 0.356 e. The second-order valence-electron chi connectivity index (χ2n) is 7.95.